The van der Waals surface area contributed by atoms with Crippen LogP contribution < -0.4 is 5.32 Å². The summed E-state index contributed by atoms with van der Waals surface area (Å²) < 4.78 is 4.83. The lowest BCUT2D eigenvalue weighted by Gasteiger charge is -2.27. The smallest absolute Gasteiger partial charge is 0.249 e. The van der Waals surface area contributed by atoms with Gasteiger partial charge in [0.1, 0.15) is 13.2 Å². The Morgan fingerprint density at radius 1 is 1.58 bits per heavy atom. The minimum atomic E-state index is -0.250. The third-order valence-electron chi connectivity index (χ3n) is 2.70. The molecule has 1 unspecified atom stereocenters. The van der Waals surface area contributed by atoms with Gasteiger partial charge in [0.15, 0.2) is 5.13 Å². The number of nitrogens with one attached hydrogen (secondary N) is 1. The van der Waals surface area contributed by atoms with Crippen LogP contribution in [0.15, 0.2) is 11.6 Å². The summed E-state index contributed by atoms with van der Waals surface area (Å²) >= 11 is 1.34. The zero-order valence-electron chi connectivity index (χ0n) is 11.4. The minimum Gasteiger partial charge on any atom is -0.375 e. The van der Waals surface area contributed by atoms with E-state index in [0.717, 1.165) is 6.42 Å². The van der Waals surface area contributed by atoms with Gasteiger partial charge >= 0.3 is 0 Å². The molecule has 1 aromatic heterocycles. The molecule has 1 heterocycles. The lowest BCUT2D eigenvalue weighted by Crippen LogP contribution is -2.44. The first-order valence-corrected chi connectivity index (χ1v) is 6.94. The Balaban J connectivity index is 2.61. The van der Waals surface area contributed by atoms with E-state index in [1.807, 2.05) is 13.8 Å². The van der Waals surface area contributed by atoms with Crippen molar-refractivity contribution < 1.29 is 14.3 Å². The summed E-state index contributed by atoms with van der Waals surface area (Å²) in [5.41, 5.74) is 0. The summed E-state index contributed by atoms with van der Waals surface area (Å²) in [6.07, 6.45) is 2.39. The number of ether oxygens (including phenoxy) is 1. The number of aromatic nitrogens is 1. The van der Waals surface area contributed by atoms with Crippen molar-refractivity contribution in [3.63, 3.8) is 0 Å². The Labute approximate surface area is 116 Å². The molecule has 0 radical (unpaired) electrons. The monoisotopic (exact) mass is 285 g/mol. The molecule has 2 amide bonds. The first kappa shape index (κ1) is 15.6. The van der Waals surface area contributed by atoms with Gasteiger partial charge in [-0.1, -0.05) is 6.92 Å². The molecule has 0 aromatic carbocycles. The highest BCUT2D eigenvalue weighted by molar-refractivity contribution is 7.13. The van der Waals surface area contributed by atoms with Crippen molar-refractivity contribution in [2.75, 3.05) is 25.6 Å². The molecule has 106 valence electrons. The summed E-state index contributed by atoms with van der Waals surface area (Å²) in [4.78, 5) is 29.2. The average Bonchev–Trinajstić information content (AvgIpc) is 2.88. The van der Waals surface area contributed by atoms with Crippen LogP contribution in [0.25, 0.3) is 0 Å². The fraction of sp³-hybridized carbons (Fsp3) is 0.583. The summed E-state index contributed by atoms with van der Waals surface area (Å²) in [6.45, 7) is 3.87. The van der Waals surface area contributed by atoms with Crippen LogP contribution in [0.1, 0.15) is 20.3 Å². The third kappa shape index (κ3) is 4.96. The number of carbonyl (C=O) groups is 2. The van der Waals surface area contributed by atoms with Crippen LogP contribution in [-0.2, 0) is 14.3 Å². The van der Waals surface area contributed by atoms with Crippen LogP contribution in [0.5, 0.6) is 0 Å². The third-order valence-corrected chi connectivity index (χ3v) is 3.39. The van der Waals surface area contributed by atoms with Crippen LogP contribution in [0.3, 0.4) is 0 Å². The molecule has 1 atom stereocenters. The van der Waals surface area contributed by atoms with Crippen LogP contribution in [0, 0.1) is 0 Å². The van der Waals surface area contributed by atoms with Crippen molar-refractivity contribution in [1.82, 2.24) is 9.88 Å². The van der Waals surface area contributed by atoms with E-state index < -0.39 is 0 Å². The van der Waals surface area contributed by atoms with Gasteiger partial charge < -0.3 is 15.0 Å². The minimum absolute atomic E-state index is 0.00954. The molecule has 1 rings (SSSR count). The Morgan fingerprint density at radius 3 is 2.84 bits per heavy atom. The Hall–Kier alpha value is -1.47. The molecule has 7 heteroatoms. The lowest BCUT2D eigenvalue weighted by atomic mass is 10.2. The van der Waals surface area contributed by atoms with E-state index in [2.05, 4.69) is 10.3 Å². The first-order valence-electron chi connectivity index (χ1n) is 6.06. The quantitative estimate of drug-likeness (QED) is 0.821. The number of carbonyl (C=O) groups excluding carboxylic acids is 2. The predicted molar refractivity (Wildman–Crippen MR) is 74.1 cm³/mol. The Kier molecular flexibility index (Phi) is 6.44. The number of methoxy groups -OCH3 is 1. The standard InChI is InChI=1S/C12H19N3O3S/c1-4-9(2)15(11(17)8-18-3)7-10(16)14-12-13-5-6-19-12/h5-6,9H,4,7-8H2,1-3H3,(H,13,14,16). The average molecular weight is 285 g/mol. The number of thiazole rings is 1. The molecule has 1 aromatic rings. The van der Waals surface area contributed by atoms with Crippen molar-refractivity contribution >= 4 is 28.3 Å². The number of rotatable bonds is 7. The summed E-state index contributed by atoms with van der Waals surface area (Å²) in [7, 11) is 1.46. The van der Waals surface area contributed by atoms with Gasteiger partial charge in [0.25, 0.3) is 0 Å². The second-order valence-electron chi connectivity index (χ2n) is 4.10. The van der Waals surface area contributed by atoms with Crippen molar-refractivity contribution in [2.45, 2.75) is 26.3 Å². The second kappa shape index (κ2) is 7.85. The van der Waals surface area contributed by atoms with E-state index in [1.165, 1.54) is 23.3 Å². The molecule has 0 aliphatic carbocycles. The zero-order chi connectivity index (χ0) is 14.3. The van der Waals surface area contributed by atoms with E-state index in [1.54, 1.807) is 11.6 Å². The maximum Gasteiger partial charge on any atom is 0.249 e. The van der Waals surface area contributed by atoms with E-state index in [0.29, 0.717) is 5.13 Å². The maximum atomic E-state index is 11.9. The highest BCUT2D eigenvalue weighted by Gasteiger charge is 2.21. The fourth-order valence-corrected chi connectivity index (χ4v) is 2.06. The van der Waals surface area contributed by atoms with Crippen LogP contribution in [0.2, 0.25) is 0 Å². The molecule has 6 nitrogen and oxygen atoms in total. The van der Waals surface area contributed by atoms with Gasteiger partial charge in [0.05, 0.1) is 0 Å². The van der Waals surface area contributed by atoms with Gasteiger partial charge in [0, 0.05) is 24.7 Å². The van der Waals surface area contributed by atoms with Crippen LogP contribution in [-0.4, -0.2) is 48.0 Å². The first-order chi connectivity index (χ1) is 9.08. The molecule has 0 fully saturated rings. The fourth-order valence-electron chi connectivity index (χ4n) is 1.52. The molecule has 0 aliphatic rings. The molecule has 0 saturated heterocycles. The number of amides is 2. The van der Waals surface area contributed by atoms with Crippen molar-refractivity contribution in [3.8, 4) is 0 Å². The van der Waals surface area contributed by atoms with E-state index >= 15 is 0 Å². The van der Waals surface area contributed by atoms with Gasteiger partial charge in [-0.25, -0.2) is 4.98 Å². The van der Waals surface area contributed by atoms with Crippen LogP contribution in [0.4, 0.5) is 5.13 Å². The van der Waals surface area contributed by atoms with E-state index in [4.69, 9.17) is 4.74 Å². The SMILES string of the molecule is CCC(C)N(CC(=O)Nc1nccs1)C(=O)COC. The number of anilines is 1. The van der Waals surface area contributed by atoms with Crippen LogP contribution >= 0.6 is 11.3 Å². The molecular weight excluding hydrogens is 266 g/mol. The molecule has 0 spiro atoms. The summed E-state index contributed by atoms with van der Waals surface area (Å²) in [5, 5.41) is 4.97. The van der Waals surface area contributed by atoms with Crippen molar-refractivity contribution in [3.05, 3.63) is 11.6 Å². The van der Waals surface area contributed by atoms with Gasteiger partial charge in [-0.05, 0) is 13.3 Å². The van der Waals surface area contributed by atoms with Gasteiger partial charge in [-0.2, -0.15) is 0 Å². The summed E-state index contributed by atoms with van der Waals surface area (Å²) in [5.74, 6) is -0.439. The lowest BCUT2D eigenvalue weighted by molar-refractivity contribution is -0.140. The maximum absolute atomic E-state index is 11.9. The largest absolute Gasteiger partial charge is 0.375 e. The molecular formula is C12H19N3O3S. The van der Waals surface area contributed by atoms with Crippen molar-refractivity contribution in [2.24, 2.45) is 0 Å². The van der Waals surface area contributed by atoms with Crippen molar-refractivity contribution in [1.29, 1.82) is 0 Å². The molecule has 0 aliphatic heterocycles. The highest BCUT2D eigenvalue weighted by atomic mass is 32.1. The van der Waals surface area contributed by atoms with Gasteiger partial charge in [-0.15, -0.1) is 11.3 Å². The molecule has 0 bridgehead atoms. The highest BCUT2D eigenvalue weighted by Crippen LogP contribution is 2.11. The Bertz CT molecular complexity index is 408. The number of nitrogens with zero attached hydrogens (tertiary/aromatic N) is 2. The molecule has 19 heavy (non-hydrogen) atoms. The second-order valence-corrected chi connectivity index (χ2v) is 4.99. The number of hydrogen-bond acceptors (Lipinski definition) is 5. The Morgan fingerprint density at radius 2 is 2.32 bits per heavy atom. The topological polar surface area (TPSA) is 71.5 Å². The van der Waals surface area contributed by atoms with E-state index in [-0.39, 0.29) is 31.0 Å². The number of hydrogen-bond donors (Lipinski definition) is 1. The molecule has 1 N–H and O–H groups in total. The van der Waals surface area contributed by atoms with Gasteiger partial charge in [0.2, 0.25) is 11.8 Å². The predicted octanol–water partition coefficient (Wildman–Crippen LogP) is 1.36. The molecule has 0 saturated carbocycles. The van der Waals surface area contributed by atoms with E-state index in [9.17, 15) is 9.59 Å². The zero-order valence-corrected chi connectivity index (χ0v) is 12.2. The normalized spacial score (nSPS) is 11.9. The summed E-state index contributed by atoms with van der Waals surface area (Å²) in [6, 6.07) is -0.00954. The van der Waals surface area contributed by atoms with Gasteiger partial charge in [-0.3, -0.25) is 9.59 Å².